The number of nitrogens with one attached hydrogen (secondary N) is 1. The molecule has 0 aromatic carbocycles. The van der Waals surface area contributed by atoms with Crippen molar-refractivity contribution in [3.05, 3.63) is 34.7 Å². The first-order valence-electron chi connectivity index (χ1n) is 8.42. The van der Waals surface area contributed by atoms with E-state index in [1.54, 1.807) is 18.5 Å². The summed E-state index contributed by atoms with van der Waals surface area (Å²) in [5.41, 5.74) is 7.59. The zero-order valence-electron chi connectivity index (χ0n) is 14.1. The lowest BCUT2D eigenvalue weighted by Crippen LogP contribution is -2.25. The summed E-state index contributed by atoms with van der Waals surface area (Å²) in [5.74, 6) is 1.12. The monoisotopic (exact) mass is 363 g/mol. The molecule has 2 atom stereocenters. The zero-order chi connectivity index (χ0) is 17.8. The van der Waals surface area contributed by atoms with E-state index >= 15 is 0 Å². The average molecular weight is 364 g/mol. The van der Waals surface area contributed by atoms with Gasteiger partial charge in [-0.2, -0.15) is 4.98 Å². The van der Waals surface area contributed by atoms with E-state index in [1.807, 2.05) is 0 Å². The first-order chi connectivity index (χ1) is 12.1. The van der Waals surface area contributed by atoms with E-state index in [1.165, 1.54) is 0 Å². The van der Waals surface area contributed by atoms with Gasteiger partial charge in [0.1, 0.15) is 6.10 Å². The molecule has 2 heterocycles. The SMILES string of the molecule is CCC[C@@H](CO)Nc1nc(N)ncc1O[C@H]1CCc2c(Cl)ccnc21. The lowest BCUT2D eigenvalue weighted by atomic mass is 10.2. The third-order valence-corrected chi connectivity index (χ3v) is 4.59. The molecule has 0 saturated heterocycles. The van der Waals surface area contributed by atoms with E-state index in [-0.39, 0.29) is 24.7 Å². The summed E-state index contributed by atoms with van der Waals surface area (Å²) in [7, 11) is 0. The number of nitrogens with two attached hydrogens (primary N) is 1. The molecule has 7 nitrogen and oxygen atoms in total. The van der Waals surface area contributed by atoms with Crippen LogP contribution in [0.3, 0.4) is 0 Å². The van der Waals surface area contributed by atoms with Gasteiger partial charge in [0.05, 0.1) is 24.5 Å². The average Bonchev–Trinajstić information content (AvgIpc) is 3.01. The molecule has 134 valence electrons. The molecule has 3 rings (SSSR count). The molecule has 0 unspecified atom stereocenters. The Kier molecular flexibility index (Phi) is 5.55. The maximum absolute atomic E-state index is 9.52. The third-order valence-electron chi connectivity index (χ3n) is 4.23. The van der Waals surface area contributed by atoms with E-state index in [0.29, 0.717) is 16.6 Å². The van der Waals surface area contributed by atoms with Crippen LogP contribution in [0.1, 0.15) is 43.5 Å². The Labute approximate surface area is 151 Å². The number of halogens is 1. The second kappa shape index (κ2) is 7.84. The number of pyridine rings is 1. The van der Waals surface area contributed by atoms with Crippen LogP contribution in [0, 0.1) is 0 Å². The van der Waals surface area contributed by atoms with Gasteiger partial charge in [-0.3, -0.25) is 4.98 Å². The van der Waals surface area contributed by atoms with Crippen LogP contribution in [-0.4, -0.2) is 32.7 Å². The van der Waals surface area contributed by atoms with E-state index < -0.39 is 0 Å². The van der Waals surface area contributed by atoms with Crippen molar-refractivity contribution in [1.29, 1.82) is 0 Å². The van der Waals surface area contributed by atoms with Crippen molar-refractivity contribution < 1.29 is 9.84 Å². The molecule has 0 radical (unpaired) electrons. The molecule has 0 bridgehead atoms. The van der Waals surface area contributed by atoms with Gasteiger partial charge in [-0.1, -0.05) is 24.9 Å². The van der Waals surface area contributed by atoms with Gasteiger partial charge in [0.2, 0.25) is 5.95 Å². The quantitative estimate of drug-likeness (QED) is 0.694. The van der Waals surface area contributed by atoms with Gasteiger partial charge in [0.15, 0.2) is 11.6 Å². The third kappa shape index (κ3) is 3.93. The molecule has 1 aliphatic rings. The van der Waals surface area contributed by atoms with E-state index in [0.717, 1.165) is 36.9 Å². The number of aromatic nitrogens is 3. The van der Waals surface area contributed by atoms with E-state index in [2.05, 4.69) is 27.2 Å². The first-order valence-corrected chi connectivity index (χ1v) is 8.80. The van der Waals surface area contributed by atoms with Gasteiger partial charge in [-0.05, 0) is 30.9 Å². The molecule has 4 N–H and O–H groups in total. The summed E-state index contributed by atoms with van der Waals surface area (Å²) in [5, 5.41) is 13.4. The Bertz CT molecular complexity index is 743. The normalized spacial score (nSPS) is 17.2. The van der Waals surface area contributed by atoms with Crippen molar-refractivity contribution in [3.8, 4) is 5.75 Å². The predicted octanol–water partition coefficient (Wildman–Crippen LogP) is 2.75. The lowest BCUT2D eigenvalue weighted by molar-refractivity contribution is 0.202. The number of nitrogens with zero attached hydrogens (tertiary/aromatic N) is 3. The molecule has 0 fully saturated rings. The van der Waals surface area contributed by atoms with Crippen LogP contribution in [0.4, 0.5) is 11.8 Å². The number of hydrogen-bond donors (Lipinski definition) is 3. The van der Waals surface area contributed by atoms with Crippen molar-refractivity contribution in [3.63, 3.8) is 0 Å². The van der Waals surface area contributed by atoms with Gasteiger partial charge in [0.25, 0.3) is 0 Å². The fraction of sp³-hybridized carbons (Fsp3) is 0.471. The molecule has 0 amide bonds. The summed E-state index contributed by atoms with van der Waals surface area (Å²) < 4.78 is 6.12. The smallest absolute Gasteiger partial charge is 0.222 e. The zero-order valence-corrected chi connectivity index (χ0v) is 14.8. The van der Waals surface area contributed by atoms with Gasteiger partial charge in [0, 0.05) is 11.2 Å². The highest BCUT2D eigenvalue weighted by Crippen LogP contribution is 2.38. The van der Waals surface area contributed by atoms with Crippen molar-refractivity contribution >= 4 is 23.4 Å². The minimum atomic E-state index is -0.208. The van der Waals surface area contributed by atoms with Crippen LogP contribution >= 0.6 is 11.6 Å². The largest absolute Gasteiger partial charge is 0.479 e. The Morgan fingerprint density at radius 1 is 1.48 bits per heavy atom. The molecule has 1 aliphatic carbocycles. The molecule has 0 aliphatic heterocycles. The Balaban J connectivity index is 1.83. The van der Waals surface area contributed by atoms with Crippen LogP contribution < -0.4 is 15.8 Å². The second-order valence-corrected chi connectivity index (χ2v) is 6.46. The van der Waals surface area contributed by atoms with Crippen LogP contribution in [-0.2, 0) is 6.42 Å². The number of aliphatic hydroxyl groups excluding tert-OH is 1. The van der Waals surface area contributed by atoms with E-state index in [4.69, 9.17) is 22.1 Å². The number of ether oxygens (including phenoxy) is 1. The number of aliphatic hydroxyl groups is 1. The highest BCUT2D eigenvalue weighted by Gasteiger charge is 2.28. The van der Waals surface area contributed by atoms with Crippen molar-refractivity contribution in [1.82, 2.24) is 15.0 Å². The fourth-order valence-electron chi connectivity index (χ4n) is 3.01. The molecule has 2 aromatic rings. The summed E-state index contributed by atoms with van der Waals surface area (Å²) >= 11 is 6.24. The van der Waals surface area contributed by atoms with Crippen molar-refractivity contribution in [2.75, 3.05) is 17.7 Å². The first kappa shape index (κ1) is 17.7. The van der Waals surface area contributed by atoms with Crippen molar-refractivity contribution in [2.45, 2.75) is 44.8 Å². The Morgan fingerprint density at radius 2 is 2.32 bits per heavy atom. The molecule has 0 saturated carbocycles. The van der Waals surface area contributed by atoms with Gasteiger partial charge in [-0.15, -0.1) is 0 Å². The number of nitrogen functional groups attached to an aromatic ring is 1. The molecule has 25 heavy (non-hydrogen) atoms. The number of fused-ring (bicyclic) bond motifs is 1. The van der Waals surface area contributed by atoms with Crippen LogP contribution in [0.2, 0.25) is 5.02 Å². The molecule has 8 heteroatoms. The fourth-order valence-corrected chi connectivity index (χ4v) is 3.26. The summed E-state index contributed by atoms with van der Waals surface area (Å²) in [6.07, 6.45) is 6.38. The number of rotatable bonds is 7. The maximum Gasteiger partial charge on any atom is 0.222 e. The minimum Gasteiger partial charge on any atom is -0.479 e. The standard InChI is InChI=1S/C17H22ClN5O2/c1-2-3-10(9-24)22-16-14(8-21-17(19)23-16)25-13-5-4-11-12(18)6-7-20-15(11)13/h6-8,10,13,24H,2-5,9H2,1H3,(H3,19,21,22,23)/t10-,13-/m0/s1. The summed E-state index contributed by atoms with van der Waals surface area (Å²) in [4.78, 5) is 12.7. The highest BCUT2D eigenvalue weighted by molar-refractivity contribution is 6.31. The number of anilines is 2. The highest BCUT2D eigenvalue weighted by atomic mass is 35.5. The van der Waals surface area contributed by atoms with Gasteiger partial charge in [-0.25, -0.2) is 4.98 Å². The number of hydrogen-bond acceptors (Lipinski definition) is 7. The van der Waals surface area contributed by atoms with Crippen molar-refractivity contribution in [2.24, 2.45) is 0 Å². The van der Waals surface area contributed by atoms with Crippen LogP contribution in [0.15, 0.2) is 18.5 Å². The molecular formula is C17H22ClN5O2. The molecule has 0 spiro atoms. The summed E-state index contributed by atoms with van der Waals surface area (Å²) in [6.45, 7) is 2.06. The second-order valence-electron chi connectivity index (χ2n) is 6.06. The minimum absolute atomic E-state index is 0.000608. The summed E-state index contributed by atoms with van der Waals surface area (Å²) in [6, 6.07) is 1.67. The Hall–Kier alpha value is -2.12. The van der Waals surface area contributed by atoms with Crippen LogP contribution in [0.5, 0.6) is 5.75 Å². The molecule has 2 aromatic heterocycles. The maximum atomic E-state index is 9.52. The topological polar surface area (TPSA) is 106 Å². The molecular weight excluding hydrogens is 342 g/mol. The van der Waals surface area contributed by atoms with Gasteiger partial charge < -0.3 is 20.9 Å². The lowest BCUT2D eigenvalue weighted by Gasteiger charge is -2.20. The Morgan fingerprint density at radius 3 is 3.08 bits per heavy atom. The van der Waals surface area contributed by atoms with E-state index in [9.17, 15) is 5.11 Å². The van der Waals surface area contributed by atoms with Crippen LogP contribution in [0.25, 0.3) is 0 Å². The van der Waals surface area contributed by atoms with Gasteiger partial charge >= 0.3 is 0 Å². The predicted molar refractivity (Wildman–Crippen MR) is 96.8 cm³/mol.